The number of fused-ring (bicyclic) bond motifs is 2. The highest BCUT2D eigenvalue weighted by atomic mass is 35.5. The quantitative estimate of drug-likeness (QED) is 0.204. The van der Waals surface area contributed by atoms with E-state index < -0.39 is 11.7 Å². The Balaban J connectivity index is 1.52. The van der Waals surface area contributed by atoms with Gasteiger partial charge in [-0.05, 0) is 99.7 Å². The molecule has 0 aliphatic heterocycles. The van der Waals surface area contributed by atoms with E-state index in [0.717, 1.165) is 65.2 Å². The summed E-state index contributed by atoms with van der Waals surface area (Å²) in [6, 6.07) is 22.9. The molecule has 0 aliphatic rings. The predicted molar refractivity (Wildman–Crippen MR) is 176 cm³/mol. The standard InChI is InChI=1S/C35H30ClN3O3S/c1-19-16-28-33(31(21-6-10-25(36)11-7-21)30(19)32(20(2)40)42-35(3,4)5)43-34(39-28)24-14-15-37-27(18-24)23-8-12-26-22(17-23)9-13-29(41)38-26/h6-18,32H,1-5H3,(H,38,41)/t32-/m1/s1. The van der Waals surface area contributed by atoms with Gasteiger partial charge in [0.15, 0.2) is 5.78 Å². The highest BCUT2D eigenvalue weighted by Crippen LogP contribution is 2.44. The molecule has 0 aliphatic carbocycles. The first-order valence-corrected chi connectivity index (χ1v) is 15.1. The number of pyridine rings is 2. The van der Waals surface area contributed by atoms with Crippen LogP contribution in [0.2, 0.25) is 5.02 Å². The molecule has 0 fully saturated rings. The average molecular weight is 608 g/mol. The zero-order valence-electron chi connectivity index (χ0n) is 24.5. The van der Waals surface area contributed by atoms with Gasteiger partial charge in [0.1, 0.15) is 11.1 Å². The molecule has 0 saturated heterocycles. The van der Waals surface area contributed by atoms with Crippen LogP contribution in [-0.4, -0.2) is 26.3 Å². The van der Waals surface area contributed by atoms with Crippen molar-refractivity contribution < 1.29 is 9.53 Å². The topological polar surface area (TPSA) is 84.9 Å². The summed E-state index contributed by atoms with van der Waals surface area (Å²) in [4.78, 5) is 37.3. The summed E-state index contributed by atoms with van der Waals surface area (Å²) >= 11 is 7.84. The number of nitrogens with zero attached hydrogens (tertiary/aromatic N) is 2. The van der Waals surface area contributed by atoms with Gasteiger partial charge < -0.3 is 9.72 Å². The number of nitrogens with one attached hydrogen (secondary N) is 1. The van der Waals surface area contributed by atoms with Crippen molar-refractivity contribution in [2.24, 2.45) is 0 Å². The van der Waals surface area contributed by atoms with Crippen molar-refractivity contribution in [1.29, 1.82) is 0 Å². The molecule has 43 heavy (non-hydrogen) atoms. The lowest BCUT2D eigenvalue weighted by molar-refractivity contribution is -0.138. The Morgan fingerprint density at radius 2 is 1.70 bits per heavy atom. The third kappa shape index (κ3) is 5.89. The zero-order valence-corrected chi connectivity index (χ0v) is 26.1. The first-order chi connectivity index (χ1) is 20.5. The van der Waals surface area contributed by atoms with Crippen LogP contribution in [0.25, 0.3) is 54.1 Å². The van der Waals surface area contributed by atoms with Gasteiger partial charge in [0, 0.05) is 45.1 Å². The van der Waals surface area contributed by atoms with E-state index in [-0.39, 0.29) is 11.3 Å². The third-order valence-corrected chi connectivity index (χ3v) is 8.58. The van der Waals surface area contributed by atoms with Crippen LogP contribution in [0.15, 0.2) is 83.8 Å². The molecule has 1 N–H and O–H groups in total. The summed E-state index contributed by atoms with van der Waals surface area (Å²) in [5, 5.41) is 2.40. The number of carbonyl (C=O) groups excluding carboxylic acids is 1. The molecule has 0 saturated carbocycles. The number of thiazole rings is 1. The lowest BCUT2D eigenvalue weighted by Crippen LogP contribution is -2.27. The van der Waals surface area contributed by atoms with Crippen LogP contribution in [0.3, 0.4) is 0 Å². The van der Waals surface area contributed by atoms with Crippen molar-refractivity contribution in [2.45, 2.75) is 46.3 Å². The van der Waals surface area contributed by atoms with Crippen LogP contribution in [0.1, 0.15) is 44.9 Å². The van der Waals surface area contributed by atoms with E-state index in [2.05, 4.69) is 9.97 Å². The molecule has 0 unspecified atom stereocenters. The summed E-state index contributed by atoms with van der Waals surface area (Å²) in [5.74, 6) is -0.0597. The van der Waals surface area contributed by atoms with Crippen molar-refractivity contribution >= 4 is 49.8 Å². The number of aryl methyl sites for hydroxylation is 1. The first-order valence-electron chi connectivity index (χ1n) is 13.9. The Kier molecular flexibility index (Phi) is 7.50. The largest absolute Gasteiger partial charge is 0.360 e. The minimum absolute atomic E-state index is 0.0597. The fourth-order valence-electron chi connectivity index (χ4n) is 5.31. The summed E-state index contributed by atoms with van der Waals surface area (Å²) < 4.78 is 7.34. The van der Waals surface area contributed by atoms with E-state index in [9.17, 15) is 9.59 Å². The Labute approximate surface area is 258 Å². The van der Waals surface area contributed by atoms with Crippen LogP contribution in [-0.2, 0) is 9.53 Å². The number of hydrogen-bond acceptors (Lipinski definition) is 6. The molecule has 6 rings (SSSR count). The van der Waals surface area contributed by atoms with Gasteiger partial charge in [0.05, 0.1) is 21.5 Å². The minimum Gasteiger partial charge on any atom is -0.360 e. The molecule has 3 heterocycles. The Hall–Kier alpha value is -4.17. The molecule has 6 nitrogen and oxygen atoms in total. The van der Waals surface area contributed by atoms with E-state index in [1.807, 2.05) is 94.4 Å². The fourth-order valence-corrected chi connectivity index (χ4v) is 6.56. The number of aromatic nitrogens is 3. The van der Waals surface area contributed by atoms with Gasteiger partial charge in [-0.3, -0.25) is 14.6 Å². The number of carbonyl (C=O) groups is 1. The number of ketones is 1. The molecule has 0 amide bonds. The van der Waals surface area contributed by atoms with Crippen molar-refractivity contribution in [1.82, 2.24) is 15.0 Å². The van der Waals surface area contributed by atoms with E-state index in [0.29, 0.717) is 5.02 Å². The van der Waals surface area contributed by atoms with Crippen LogP contribution in [0.5, 0.6) is 0 Å². The van der Waals surface area contributed by atoms with Crippen LogP contribution < -0.4 is 5.56 Å². The Bertz CT molecular complexity index is 2070. The van der Waals surface area contributed by atoms with Gasteiger partial charge in [0.2, 0.25) is 5.56 Å². The van der Waals surface area contributed by atoms with Gasteiger partial charge in [-0.1, -0.05) is 29.8 Å². The van der Waals surface area contributed by atoms with Crippen LogP contribution >= 0.6 is 22.9 Å². The Morgan fingerprint density at radius 1 is 0.953 bits per heavy atom. The summed E-state index contributed by atoms with van der Waals surface area (Å²) in [5.41, 5.74) is 7.28. The lowest BCUT2D eigenvalue weighted by Gasteiger charge is -2.29. The zero-order chi connectivity index (χ0) is 30.5. The minimum atomic E-state index is -0.740. The lowest BCUT2D eigenvalue weighted by atomic mass is 9.90. The molecule has 3 aromatic carbocycles. The Morgan fingerprint density at radius 3 is 2.42 bits per heavy atom. The van der Waals surface area contributed by atoms with Gasteiger partial charge in [-0.2, -0.15) is 0 Å². The van der Waals surface area contributed by atoms with E-state index >= 15 is 0 Å². The smallest absolute Gasteiger partial charge is 0.248 e. The molecule has 6 aromatic rings. The molecule has 3 aromatic heterocycles. The predicted octanol–water partition coefficient (Wildman–Crippen LogP) is 8.94. The number of Topliss-reactive ketones (excluding diaryl/α,β-unsaturated/α-hetero) is 1. The maximum atomic E-state index is 13.1. The third-order valence-electron chi connectivity index (χ3n) is 7.19. The number of hydrogen-bond donors (Lipinski definition) is 1. The number of halogens is 1. The average Bonchev–Trinajstić information content (AvgIpc) is 3.39. The number of aromatic amines is 1. The SMILES string of the molecule is CC(=O)[C@@H](OC(C)(C)C)c1c(C)cc2nc(-c3ccnc(-c4ccc5[nH]c(=O)ccc5c4)c3)sc2c1-c1ccc(Cl)cc1. The maximum absolute atomic E-state index is 13.1. The highest BCUT2D eigenvalue weighted by molar-refractivity contribution is 7.22. The van der Waals surface area contributed by atoms with Gasteiger partial charge in [-0.15, -0.1) is 11.3 Å². The van der Waals surface area contributed by atoms with Crippen LogP contribution in [0, 0.1) is 6.92 Å². The molecule has 1 atom stereocenters. The fraction of sp³-hybridized carbons (Fsp3) is 0.200. The van der Waals surface area contributed by atoms with E-state index in [4.69, 9.17) is 21.3 Å². The number of benzene rings is 3. The van der Waals surface area contributed by atoms with E-state index in [1.54, 1.807) is 24.5 Å². The normalized spacial score (nSPS) is 12.6. The monoisotopic (exact) mass is 607 g/mol. The second-order valence-corrected chi connectivity index (χ2v) is 13.1. The second kappa shape index (κ2) is 11.2. The molecule has 216 valence electrons. The maximum Gasteiger partial charge on any atom is 0.248 e. The van der Waals surface area contributed by atoms with Crippen molar-refractivity contribution in [3.05, 3.63) is 105 Å². The second-order valence-electron chi connectivity index (χ2n) is 11.6. The van der Waals surface area contributed by atoms with Crippen molar-refractivity contribution in [3.8, 4) is 33.0 Å². The summed E-state index contributed by atoms with van der Waals surface area (Å²) in [6.45, 7) is 9.46. The van der Waals surface area contributed by atoms with Crippen LogP contribution in [0.4, 0.5) is 0 Å². The van der Waals surface area contributed by atoms with Crippen molar-refractivity contribution in [2.75, 3.05) is 0 Å². The van der Waals surface area contributed by atoms with Crippen molar-refractivity contribution in [3.63, 3.8) is 0 Å². The summed E-state index contributed by atoms with van der Waals surface area (Å²) in [6.07, 6.45) is 1.05. The molecular weight excluding hydrogens is 578 g/mol. The molecule has 0 spiro atoms. The molecule has 0 radical (unpaired) electrons. The highest BCUT2D eigenvalue weighted by Gasteiger charge is 2.30. The number of ether oxygens (including phenoxy) is 1. The summed E-state index contributed by atoms with van der Waals surface area (Å²) in [7, 11) is 0. The van der Waals surface area contributed by atoms with Gasteiger partial charge >= 0.3 is 0 Å². The molecule has 0 bridgehead atoms. The number of rotatable bonds is 6. The van der Waals surface area contributed by atoms with Gasteiger partial charge in [0.25, 0.3) is 0 Å². The first kappa shape index (κ1) is 28.9. The van der Waals surface area contributed by atoms with E-state index in [1.165, 1.54) is 6.07 Å². The van der Waals surface area contributed by atoms with Gasteiger partial charge in [-0.25, -0.2) is 4.98 Å². The number of H-pyrrole nitrogens is 1. The molecule has 8 heteroatoms. The molecular formula is C35H30ClN3O3S.